The van der Waals surface area contributed by atoms with Crippen LogP contribution in [0.4, 0.5) is 4.79 Å². The Morgan fingerprint density at radius 1 is 1.37 bits per heavy atom. The second-order valence-electron chi connectivity index (χ2n) is 5.43. The molecule has 0 aromatic rings. The summed E-state index contributed by atoms with van der Waals surface area (Å²) in [5.74, 6) is -0.824. The standard InChI is InChI=1S/C13H23N3O3/c1-2-16-7-3-4-10(16)8-14-13(19)15-11(12(17)18)9-5-6-9/h9-11H,2-8H2,1H3,(H,17,18)(H2,14,15,19). The van der Waals surface area contributed by atoms with E-state index >= 15 is 0 Å². The SMILES string of the molecule is CCN1CCCC1CNC(=O)NC(C(=O)O)C1CC1. The van der Waals surface area contributed by atoms with Crippen LogP contribution in [0, 0.1) is 5.92 Å². The number of carboxylic acids is 1. The van der Waals surface area contributed by atoms with E-state index in [1.54, 1.807) is 0 Å². The van der Waals surface area contributed by atoms with E-state index < -0.39 is 12.0 Å². The first-order valence-electron chi connectivity index (χ1n) is 7.13. The van der Waals surface area contributed by atoms with Crippen molar-refractivity contribution in [1.82, 2.24) is 15.5 Å². The number of aliphatic carboxylic acids is 1. The third-order valence-electron chi connectivity index (χ3n) is 4.05. The number of nitrogens with zero attached hydrogens (tertiary/aromatic N) is 1. The number of carbonyl (C=O) groups excluding carboxylic acids is 1. The van der Waals surface area contributed by atoms with Crippen molar-refractivity contribution in [3.8, 4) is 0 Å². The van der Waals surface area contributed by atoms with E-state index in [2.05, 4.69) is 22.5 Å². The molecule has 2 rings (SSSR count). The highest BCUT2D eigenvalue weighted by molar-refractivity contribution is 5.83. The van der Waals surface area contributed by atoms with E-state index in [9.17, 15) is 9.59 Å². The molecular formula is C13H23N3O3. The van der Waals surface area contributed by atoms with E-state index in [-0.39, 0.29) is 11.9 Å². The Morgan fingerprint density at radius 3 is 2.68 bits per heavy atom. The molecule has 0 radical (unpaired) electrons. The largest absolute Gasteiger partial charge is 0.480 e. The third-order valence-corrected chi connectivity index (χ3v) is 4.05. The first-order valence-corrected chi connectivity index (χ1v) is 7.13. The van der Waals surface area contributed by atoms with Crippen LogP contribution < -0.4 is 10.6 Å². The van der Waals surface area contributed by atoms with Crippen molar-refractivity contribution in [2.75, 3.05) is 19.6 Å². The summed E-state index contributed by atoms with van der Waals surface area (Å²) in [4.78, 5) is 25.1. The molecule has 2 unspecified atom stereocenters. The number of carboxylic acid groups (broad SMARTS) is 1. The van der Waals surface area contributed by atoms with Crippen molar-refractivity contribution in [1.29, 1.82) is 0 Å². The van der Waals surface area contributed by atoms with Gasteiger partial charge >= 0.3 is 12.0 Å². The number of carbonyl (C=O) groups is 2. The van der Waals surface area contributed by atoms with Gasteiger partial charge in [0.1, 0.15) is 6.04 Å². The van der Waals surface area contributed by atoms with E-state index in [0.29, 0.717) is 12.6 Å². The van der Waals surface area contributed by atoms with E-state index in [1.807, 2.05) is 0 Å². The van der Waals surface area contributed by atoms with Crippen LogP contribution in [0.5, 0.6) is 0 Å². The second-order valence-corrected chi connectivity index (χ2v) is 5.43. The zero-order chi connectivity index (χ0) is 13.8. The van der Waals surface area contributed by atoms with Crippen molar-refractivity contribution in [3.63, 3.8) is 0 Å². The Hall–Kier alpha value is -1.30. The summed E-state index contributed by atoms with van der Waals surface area (Å²) in [5, 5.41) is 14.4. The first-order chi connectivity index (χ1) is 9.11. The molecule has 0 aromatic carbocycles. The molecule has 108 valence electrons. The summed E-state index contributed by atoms with van der Waals surface area (Å²) in [6.45, 7) is 4.79. The molecular weight excluding hydrogens is 246 g/mol. The molecule has 3 N–H and O–H groups in total. The van der Waals surface area contributed by atoms with Crippen LogP contribution in [0.15, 0.2) is 0 Å². The van der Waals surface area contributed by atoms with Gasteiger partial charge in [0.25, 0.3) is 0 Å². The number of amides is 2. The van der Waals surface area contributed by atoms with Crippen LogP contribution in [-0.2, 0) is 4.79 Å². The van der Waals surface area contributed by atoms with Gasteiger partial charge in [-0.15, -0.1) is 0 Å². The summed E-state index contributed by atoms with van der Waals surface area (Å²) >= 11 is 0. The smallest absolute Gasteiger partial charge is 0.326 e. The Kier molecular flexibility index (Phi) is 4.63. The van der Waals surface area contributed by atoms with Crippen LogP contribution >= 0.6 is 0 Å². The third kappa shape index (κ3) is 3.83. The van der Waals surface area contributed by atoms with Gasteiger partial charge in [-0.05, 0) is 44.7 Å². The molecule has 0 aromatic heterocycles. The molecule has 1 aliphatic heterocycles. The maximum atomic E-state index is 11.7. The molecule has 1 saturated heterocycles. The van der Waals surface area contributed by atoms with Gasteiger partial charge in [0, 0.05) is 12.6 Å². The molecule has 1 heterocycles. The van der Waals surface area contributed by atoms with Gasteiger partial charge in [-0.25, -0.2) is 9.59 Å². The zero-order valence-corrected chi connectivity index (χ0v) is 11.4. The number of nitrogens with one attached hydrogen (secondary N) is 2. The van der Waals surface area contributed by atoms with Crippen LogP contribution in [0.25, 0.3) is 0 Å². The summed E-state index contributed by atoms with van der Waals surface area (Å²) < 4.78 is 0. The minimum absolute atomic E-state index is 0.113. The van der Waals surface area contributed by atoms with Crippen LogP contribution in [0.3, 0.4) is 0 Å². The Bertz CT molecular complexity index is 344. The van der Waals surface area contributed by atoms with Crippen molar-refractivity contribution < 1.29 is 14.7 Å². The van der Waals surface area contributed by atoms with Crippen molar-refractivity contribution in [2.24, 2.45) is 5.92 Å². The average molecular weight is 269 g/mol. The lowest BCUT2D eigenvalue weighted by molar-refractivity contribution is -0.139. The van der Waals surface area contributed by atoms with Crippen LogP contribution in [0.2, 0.25) is 0 Å². The molecule has 19 heavy (non-hydrogen) atoms. The molecule has 2 fully saturated rings. The van der Waals surface area contributed by atoms with Crippen LogP contribution in [-0.4, -0.2) is 53.7 Å². The Labute approximate surface area is 113 Å². The van der Waals surface area contributed by atoms with Gasteiger partial charge in [-0.3, -0.25) is 4.90 Å². The van der Waals surface area contributed by atoms with Gasteiger partial charge in [-0.2, -0.15) is 0 Å². The highest BCUT2D eigenvalue weighted by Crippen LogP contribution is 2.32. The number of hydrogen-bond donors (Lipinski definition) is 3. The fourth-order valence-corrected chi connectivity index (χ4v) is 2.76. The van der Waals surface area contributed by atoms with E-state index in [4.69, 9.17) is 5.11 Å². The molecule has 2 aliphatic rings. The number of hydrogen-bond acceptors (Lipinski definition) is 3. The van der Waals surface area contributed by atoms with Gasteiger partial charge in [0.2, 0.25) is 0 Å². The normalized spacial score (nSPS) is 25.0. The molecule has 1 aliphatic carbocycles. The summed E-state index contributed by atoms with van der Waals surface area (Å²) in [7, 11) is 0. The molecule has 0 spiro atoms. The highest BCUT2D eigenvalue weighted by Gasteiger charge is 2.37. The fourth-order valence-electron chi connectivity index (χ4n) is 2.76. The number of urea groups is 1. The van der Waals surface area contributed by atoms with Gasteiger partial charge in [0.15, 0.2) is 0 Å². The Balaban J connectivity index is 1.73. The molecule has 2 atom stereocenters. The maximum Gasteiger partial charge on any atom is 0.326 e. The number of rotatable bonds is 6. The Morgan fingerprint density at radius 2 is 2.11 bits per heavy atom. The molecule has 6 heteroatoms. The number of likely N-dealkylation sites (tertiary alicyclic amines) is 1. The second kappa shape index (κ2) is 6.23. The van der Waals surface area contributed by atoms with Crippen molar-refractivity contribution in [2.45, 2.75) is 44.7 Å². The molecule has 2 amide bonds. The molecule has 6 nitrogen and oxygen atoms in total. The zero-order valence-electron chi connectivity index (χ0n) is 11.4. The van der Waals surface area contributed by atoms with Crippen molar-refractivity contribution >= 4 is 12.0 Å². The predicted octanol–water partition coefficient (Wildman–Crippen LogP) is 0.633. The van der Waals surface area contributed by atoms with Gasteiger partial charge < -0.3 is 15.7 Å². The quantitative estimate of drug-likeness (QED) is 0.660. The van der Waals surface area contributed by atoms with E-state index in [1.165, 1.54) is 6.42 Å². The summed E-state index contributed by atoms with van der Waals surface area (Å²) in [6.07, 6.45) is 4.05. The molecule has 1 saturated carbocycles. The maximum absolute atomic E-state index is 11.7. The first kappa shape index (κ1) is 14.1. The fraction of sp³-hybridized carbons (Fsp3) is 0.846. The minimum Gasteiger partial charge on any atom is -0.480 e. The topological polar surface area (TPSA) is 81.7 Å². The lowest BCUT2D eigenvalue weighted by Crippen LogP contribution is -2.49. The predicted molar refractivity (Wildman–Crippen MR) is 71.0 cm³/mol. The average Bonchev–Trinajstić information content (AvgIpc) is 3.11. The van der Waals surface area contributed by atoms with Crippen LogP contribution in [0.1, 0.15) is 32.6 Å². The lowest BCUT2D eigenvalue weighted by atomic mass is 10.2. The van der Waals surface area contributed by atoms with Gasteiger partial charge in [-0.1, -0.05) is 6.92 Å². The monoisotopic (exact) mass is 269 g/mol. The summed E-state index contributed by atoms with van der Waals surface area (Å²) in [6, 6.07) is -0.701. The van der Waals surface area contributed by atoms with E-state index in [0.717, 1.165) is 32.4 Å². The molecule has 0 bridgehead atoms. The highest BCUT2D eigenvalue weighted by atomic mass is 16.4. The summed E-state index contributed by atoms with van der Waals surface area (Å²) in [5.41, 5.74) is 0. The van der Waals surface area contributed by atoms with Gasteiger partial charge in [0.05, 0.1) is 0 Å². The lowest BCUT2D eigenvalue weighted by Gasteiger charge is -2.23. The minimum atomic E-state index is -0.936. The number of likely N-dealkylation sites (N-methyl/N-ethyl adjacent to an activating group) is 1. The van der Waals surface area contributed by atoms with Crippen molar-refractivity contribution in [3.05, 3.63) is 0 Å².